The Hall–Kier alpha value is -2.35. The maximum Gasteiger partial charge on any atom is 0.235 e. The summed E-state index contributed by atoms with van der Waals surface area (Å²) in [7, 11) is 0. The molecule has 1 fully saturated rings. The van der Waals surface area contributed by atoms with Crippen molar-refractivity contribution in [2.24, 2.45) is 0 Å². The van der Waals surface area contributed by atoms with Crippen molar-refractivity contribution >= 4 is 26.9 Å². The van der Waals surface area contributed by atoms with Crippen molar-refractivity contribution in [2.75, 3.05) is 32.7 Å². The highest BCUT2D eigenvalue weighted by Crippen LogP contribution is 2.33. The van der Waals surface area contributed by atoms with Crippen LogP contribution in [-0.4, -0.2) is 47.6 Å². The number of phenols is 1. The lowest BCUT2D eigenvalue weighted by molar-refractivity contribution is 0.131. The van der Waals surface area contributed by atoms with Gasteiger partial charge in [-0.15, -0.1) is 0 Å². The number of benzene rings is 2. The fraction of sp³-hybridized carbons (Fsp3) is 0.348. The standard InChI is InChI=1S/C23H25BrN2O4/c1-3-25-10-12-26(13-11-25)14-17-19(27)9-8-16-21(28)22(15(2)29-23(16)17)30-20-7-5-4-6-18(20)24/h4-9,27H,3,10-14H2,1-2H3. The predicted molar refractivity (Wildman–Crippen MR) is 120 cm³/mol. The molecular weight excluding hydrogens is 448 g/mol. The molecule has 4 rings (SSSR count). The molecule has 3 aromatic rings. The molecule has 1 aliphatic rings. The number of halogens is 1. The molecule has 1 aromatic heterocycles. The van der Waals surface area contributed by atoms with Gasteiger partial charge in [0.1, 0.15) is 22.8 Å². The van der Waals surface area contributed by atoms with E-state index >= 15 is 0 Å². The van der Waals surface area contributed by atoms with Crippen LogP contribution in [0.3, 0.4) is 0 Å². The zero-order valence-corrected chi connectivity index (χ0v) is 18.7. The van der Waals surface area contributed by atoms with Crippen molar-refractivity contribution < 1.29 is 14.3 Å². The fourth-order valence-electron chi connectivity index (χ4n) is 3.79. The molecule has 0 saturated carbocycles. The zero-order valence-electron chi connectivity index (χ0n) is 17.2. The zero-order chi connectivity index (χ0) is 21.3. The van der Waals surface area contributed by atoms with Crippen molar-refractivity contribution in [3.8, 4) is 17.2 Å². The van der Waals surface area contributed by atoms with Gasteiger partial charge in [-0.05, 0) is 53.7 Å². The third-order valence-corrected chi connectivity index (χ3v) is 6.26. The molecule has 7 heteroatoms. The van der Waals surface area contributed by atoms with Crippen molar-refractivity contribution in [2.45, 2.75) is 20.4 Å². The Bertz CT molecular complexity index is 1120. The van der Waals surface area contributed by atoms with Gasteiger partial charge in [-0.3, -0.25) is 9.69 Å². The van der Waals surface area contributed by atoms with Gasteiger partial charge in [0, 0.05) is 32.7 Å². The van der Waals surface area contributed by atoms with Crippen LogP contribution in [-0.2, 0) is 6.54 Å². The summed E-state index contributed by atoms with van der Waals surface area (Å²) in [4.78, 5) is 17.9. The van der Waals surface area contributed by atoms with E-state index in [2.05, 4.69) is 32.7 Å². The first-order valence-corrected chi connectivity index (χ1v) is 10.9. The molecule has 30 heavy (non-hydrogen) atoms. The minimum atomic E-state index is -0.249. The van der Waals surface area contributed by atoms with E-state index in [0.717, 1.165) is 37.2 Å². The van der Waals surface area contributed by atoms with E-state index in [1.165, 1.54) is 0 Å². The Morgan fingerprint density at radius 3 is 2.50 bits per heavy atom. The Morgan fingerprint density at radius 2 is 1.80 bits per heavy atom. The number of para-hydroxylation sites is 1. The second kappa shape index (κ2) is 8.79. The van der Waals surface area contributed by atoms with Crippen molar-refractivity contribution in [3.63, 3.8) is 0 Å². The fourth-order valence-corrected chi connectivity index (χ4v) is 4.16. The van der Waals surface area contributed by atoms with Crippen LogP contribution < -0.4 is 10.2 Å². The number of piperazine rings is 1. The summed E-state index contributed by atoms with van der Waals surface area (Å²) < 4.78 is 12.7. The number of phenolic OH excluding ortho intramolecular Hbond substituents is 1. The molecule has 0 bridgehead atoms. The van der Waals surface area contributed by atoms with E-state index in [9.17, 15) is 9.90 Å². The second-order valence-corrected chi connectivity index (χ2v) is 8.35. The third kappa shape index (κ3) is 4.10. The Balaban J connectivity index is 1.70. The largest absolute Gasteiger partial charge is 0.507 e. The summed E-state index contributed by atoms with van der Waals surface area (Å²) in [5.74, 6) is 1.22. The van der Waals surface area contributed by atoms with Gasteiger partial charge in [0.15, 0.2) is 0 Å². The van der Waals surface area contributed by atoms with Crippen LogP contribution in [0.5, 0.6) is 17.2 Å². The molecule has 2 aromatic carbocycles. The molecule has 6 nitrogen and oxygen atoms in total. The Kier molecular flexibility index (Phi) is 6.13. The van der Waals surface area contributed by atoms with Gasteiger partial charge in [0.05, 0.1) is 15.4 Å². The van der Waals surface area contributed by atoms with Gasteiger partial charge in [0.25, 0.3) is 0 Å². The lowest BCUT2D eigenvalue weighted by Crippen LogP contribution is -2.45. The number of fused-ring (bicyclic) bond motifs is 1. The summed E-state index contributed by atoms with van der Waals surface area (Å²) in [6.07, 6.45) is 0. The highest BCUT2D eigenvalue weighted by molar-refractivity contribution is 9.10. The molecule has 1 aliphatic heterocycles. The summed E-state index contributed by atoms with van der Waals surface area (Å²) in [6, 6.07) is 10.5. The van der Waals surface area contributed by atoms with Crippen LogP contribution in [0.2, 0.25) is 0 Å². The Labute approximate surface area is 183 Å². The van der Waals surface area contributed by atoms with Gasteiger partial charge < -0.3 is 19.2 Å². The van der Waals surface area contributed by atoms with Crippen LogP contribution in [0.1, 0.15) is 18.2 Å². The SMILES string of the molecule is CCN1CCN(Cc2c(O)ccc3c(=O)c(Oc4ccccc4Br)c(C)oc23)CC1. The first-order valence-electron chi connectivity index (χ1n) is 10.1. The highest BCUT2D eigenvalue weighted by atomic mass is 79.9. The lowest BCUT2D eigenvalue weighted by Gasteiger charge is -2.34. The molecule has 0 atom stereocenters. The number of likely N-dealkylation sites (N-methyl/N-ethyl adjacent to an activating group) is 1. The summed E-state index contributed by atoms with van der Waals surface area (Å²) >= 11 is 3.44. The van der Waals surface area contributed by atoms with E-state index in [1.54, 1.807) is 25.1 Å². The predicted octanol–water partition coefficient (Wildman–Crippen LogP) is 4.50. The van der Waals surface area contributed by atoms with E-state index < -0.39 is 0 Å². The molecule has 1 N–H and O–H groups in total. The van der Waals surface area contributed by atoms with Crippen LogP contribution in [0, 0.1) is 6.92 Å². The molecule has 0 spiro atoms. The smallest absolute Gasteiger partial charge is 0.235 e. The van der Waals surface area contributed by atoms with Gasteiger partial charge in [-0.2, -0.15) is 0 Å². The highest BCUT2D eigenvalue weighted by Gasteiger charge is 2.22. The van der Waals surface area contributed by atoms with Gasteiger partial charge >= 0.3 is 0 Å². The van der Waals surface area contributed by atoms with Crippen molar-refractivity contribution in [1.29, 1.82) is 0 Å². The first-order chi connectivity index (χ1) is 14.5. The maximum atomic E-state index is 13.2. The lowest BCUT2D eigenvalue weighted by atomic mass is 10.1. The quantitative estimate of drug-likeness (QED) is 0.589. The number of hydrogen-bond donors (Lipinski definition) is 1. The maximum absolute atomic E-state index is 13.2. The summed E-state index contributed by atoms with van der Waals surface area (Å²) in [5.41, 5.74) is 0.821. The van der Waals surface area contributed by atoms with Crippen LogP contribution in [0.15, 0.2) is 50.1 Å². The number of hydrogen-bond acceptors (Lipinski definition) is 6. The normalized spacial score (nSPS) is 15.6. The minimum absolute atomic E-state index is 0.141. The average Bonchev–Trinajstić information content (AvgIpc) is 2.75. The minimum Gasteiger partial charge on any atom is -0.507 e. The molecule has 0 amide bonds. The molecule has 0 aliphatic carbocycles. The number of nitrogens with zero attached hydrogens (tertiary/aromatic N) is 2. The van der Waals surface area contributed by atoms with Crippen LogP contribution in [0.4, 0.5) is 0 Å². The van der Waals surface area contributed by atoms with E-state index in [-0.39, 0.29) is 16.9 Å². The Morgan fingerprint density at radius 1 is 1.10 bits per heavy atom. The molecule has 158 valence electrons. The second-order valence-electron chi connectivity index (χ2n) is 7.50. The molecule has 0 radical (unpaired) electrons. The van der Waals surface area contributed by atoms with Crippen molar-refractivity contribution in [1.82, 2.24) is 9.80 Å². The topological polar surface area (TPSA) is 66.2 Å². The molecule has 1 saturated heterocycles. The van der Waals surface area contributed by atoms with Crippen LogP contribution in [0.25, 0.3) is 11.0 Å². The molecule has 2 heterocycles. The summed E-state index contributed by atoms with van der Waals surface area (Å²) in [5, 5.41) is 10.9. The van der Waals surface area contributed by atoms with Gasteiger partial charge in [-0.1, -0.05) is 19.1 Å². The third-order valence-electron chi connectivity index (χ3n) is 5.60. The van der Waals surface area contributed by atoms with E-state index in [1.807, 2.05) is 18.2 Å². The average molecular weight is 473 g/mol. The van der Waals surface area contributed by atoms with E-state index in [0.29, 0.717) is 34.6 Å². The number of aryl methyl sites for hydroxylation is 1. The van der Waals surface area contributed by atoms with Crippen molar-refractivity contribution in [3.05, 3.63) is 62.4 Å². The first kappa shape index (κ1) is 20.9. The van der Waals surface area contributed by atoms with Gasteiger partial charge in [0.2, 0.25) is 11.2 Å². The monoisotopic (exact) mass is 472 g/mol. The van der Waals surface area contributed by atoms with Gasteiger partial charge in [-0.25, -0.2) is 0 Å². The molecular formula is C23H25BrN2O4. The van der Waals surface area contributed by atoms with E-state index in [4.69, 9.17) is 9.15 Å². The van der Waals surface area contributed by atoms with Crippen LogP contribution >= 0.6 is 15.9 Å². The molecule has 0 unspecified atom stereocenters. The number of aromatic hydroxyl groups is 1. The number of ether oxygens (including phenoxy) is 1. The summed E-state index contributed by atoms with van der Waals surface area (Å²) in [6.45, 7) is 9.27. The number of rotatable bonds is 5.